The van der Waals surface area contributed by atoms with E-state index in [0.717, 1.165) is 34.4 Å². The van der Waals surface area contributed by atoms with E-state index in [1.54, 1.807) is 0 Å². The molecule has 0 radical (unpaired) electrons. The number of halogens is 1. The number of aromatic amines is 1. The van der Waals surface area contributed by atoms with Gasteiger partial charge in [0.1, 0.15) is 5.82 Å². The summed E-state index contributed by atoms with van der Waals surface area (Å²) in [7, 11) is 1.36. The van der Waals surface area contributed by atoms with Gasteiger partial charge in [-0.1, -0.05) is 41.9 Å². The van der Waals surface area contributed by atoms with E-state index in [1.165, 1.54) is 7.11 Å². The van der Waals surface area contributed by atoms with Crippen LogP contribution in [0.1, 0.15) is 45.0 Å². The number of carbonyl (C=O) groups is 2. The van der Waals surface area contributed by atoms with Crippen LogP contribution in [0.15, 0.2) is 34.9 Å². The van der Waals surface area contributed by atoms with E-state index in [-0.39, 0.29) is 36.2 Å². The number of aromatic nitrogens is 2. The Bertz CT molecular complexity index is 832. The van der Waals surface area contributed by atoms with Gasteiger partial charge in [-0.15, -0.1) is 0 Å². The summed E-state index contributed by atoms with van der Waals surface area (Å²) in [4.78, 5) is 34.8. The second-order valence-electron chi connectivity index (χ2n) is 7.51. The maximum Gasteiger partial charge on any atom is 0.306 e. The number of amides is 1. The van der Waals surface area contributed by atoms with Crippen molar-refractivity contribution >= 4 is 27.8 Å². The molecule has 2 aromatic rings. The van der Waals surface area contributed by atoms with Gasteiger partial charge in [0.15, 0.2) is 0 Å². The number of H-pyrrole nitrogens is 1. The normalized spacial score (nSPS) is 17.8. The molecular weight excluding hydrogens is 422 g/mol. The Morgan fingerprint density at radius 2 is 2.04 bits per heavy atom. The summed E-state index contributed by atoms with van der Waals surface area (Å²) < 4.78 is 5.81. The van der Waals surface area contributed by atoms with Crippen LogP contribution in [0.25, 0.3) is 11.3 Å². The third-order valence-electron chi connectivity index (χ3n) is 5.34. The van der Waals surface area contributed by atoms with Crippen LogP contribution in [0.3, 0.4) is 0 Å². The van der Waals surface area contributed by atoms with E-state index in [9.17, 15) is 9.59 Å². The average Bonchev–Trinajstić information content (AvgIpc) is 3.34. The number of benzene rings is 1. The molecule has 2 atom stereocenters. The molecule has 2 heterocycles. The van der Waals surface area contributed by atoms with Crippen LogP contribution in [-0.4, -0.2) is 40.4 Å². The minimum atomic E-state index is -0.381. The largest absolute Gasteiger partial charge is 0.469 e. The Hall–Kier alpha value is -2.15. The topological polar surface area (TPSA) is 75.3 Å². The van der Waals surface area contributed by atoms with Gasteiger partial charge in [0, 0.05) is 11.0 Å². The summed E-state index contributed by atoms with van der Waals surface area (Å²) >= 11 is 3.45. The van der Waals surface area contributed by atoms with Crippen molar-refractivity contribution in [3.63, 3.8) is 0 Å². The van der Waals surface area contributed by atoms with Crippen LogP contribution in [0.4, 0.5) is 0 Å². The minimum absolute atomic E-state index is 0.00416. The molecule has 0 bridgehead atoms. The predicted molar refractivity (Wildman–Crippen MR) is 110 cm³/mol. The number of hydrogen-bond donors (Lipinski definition) is 1. The van der Waals surface area contributed by atoms with Crippen molar-refractivity contribution in [2.45, 2.75) is 39.2 Å². The molecule has 0 saturated carbocycles. The molecule has 28 heavy (non-hydrogen) atoms. The molecule has 1 aliphatic rings. The number of carbonyl (C=O) groups excluding carboxylic acids is 2. The van der Waals surface area contributed by atoms with Crippen molar-refractivity contribution in [3.8, 4) is 11.3 Å². The lowest BCUT2D eigenvalue weighted by atomic mass is 9.91. The summed E-state index contributed by atoms with van der Waals surface area (Å²) in [6.07, 6.45) is 3.71. The summed E-state index contributed by atoms with van der Waals surface area (Å²) in [6, 6.07) is 7.92. The molecule has 0 spiro atoms. The molecule has 6 nitrogen and oxygen atoms in total. The zero-order valence-electron chi connectivity index (χ0n) is 16.4. The van der Waals surface area contributed by atoms with Crippen molar-refractivity contribution < 1.29 is 14.3 Å². The Morgan fingerprint density at radius 3 is 2.68 bits per heavy atom. The fraction of sp³-hybridized carbons (Fsp3) is 0.476. The highest BCUT2D eigenvalue weighted by Crippen LogP contribution is 2.34. The molecule has 1 saturated heterocycles. The lowest BCUT2D eigenvalue weighted by Gasteiger charge is -2.29. The molecule has 1 N–H and O–H groups in total. The van der Waals surface area contributed by atoms with Crippen LogP contribution in [0, 0.1) is 11.8 Å². The Balaban J connectivity index is 1.79. The maximum absolute atomic E-state index is 13.2. The Kier molecular flexibility index (Phi) is 6.54. The summed E-state index contributed by atoms with van der Waals surface area (Å²) in [5.74, 6) is 0.129. The quantitative estimate of drug-likeness (QED) is 0.668. The van der Waals surface area contributed by atoms with E-state index in [1.807, 2.05) is 49.2 Å². The minimum Gasteiger partial charge on any atom is -0.469 e. The van der Waals surface area contributed by atoms with E-state index in [2.05, 4.69) is 25.9 Å². The first kappa shape index (κ1) is 20.6. The number of nitrogens with zero attached hydrogens (tertiary/aromatic N) is 2. The van der Waals surface area contributed by atoms with Gasteiger partial charge in [0.25, 0.3) is 0 Å². The van der Waals surface area contributed by atoms with Gasteiger partial charge in [0.05, 0.1) is 37.4 Å². The second-order valence-corrected chi connectivity index (χ2v) is 8.43. The van der Waals surface area contributed by atoms with Crippen LogP contribution < -0.4 is 0 Å². The summed E-state index contributed by atoms with van der Waals surface area (Å²) in [5.41, 5.74) is 1.97. The van der Waals surface area contributed by atoms with Crippen LogP contribution in [0.2, 0.25) is 0 Å². The van der Waals surface area contributed by atoms with Crippen molar-refractivity contribution in [2.24, 2.45) is 11.8 Å². The highest BCUT2D eigenvalue weighted by Gasteiger charge is 2.37. The lowest BCUT2D eigenvalue weighted by Crippen LogP contribution is -2.39. The number of likely N-dealkylation sites (tertiary alicyclic amines) is 1. The number of nitrogens with one attached hydrogen (secondary N) is 1. The highest BCUT2D eigenvalue weighted by atomic mass is 79.9. The maximum atomic E-state index is 13.2. The molecule has 1 aliphatic heterocycles. The Morgan fingerprint density at radius 1 is 1.32 bits per heavy atom. The van der Waals surface area contributed by atoms with Gasteiger partial charge in [-0.25, -0.2) is 4.98 Å². The fourth-order valence-electron chi connectivity index (χ4n) is 3.68. The highest BCUT2D eigenvalue weighted by molar-refractivity contribution is 9.10. The summed E-state index contributed by atoms with van der Waals surface area (Å²) in [6.45, 7) is 4.62. The van der Waals surface area contributed by atoms with Crippen LogP contribution in [-0.2, 0) is 14.3 Å². The third-order valence-corrected chi connectivity index (χ3v) is 5.87. The van der Waals surface area contributed by atoms with Crippen LogP contribution in [0.5, 0.6) is 0 Å². The number of hydrogen-bond acceptors (Lipinski definition) is 4. The molecule has 1 amide bonds. The van der Waals surface area contributed by atoms with E-state index >= 15 is 0 Å². The fourth-order valence-corrected chi connectivity index (χ4v) is 3.95. The van der Waals surface area contributed by atoms with Crippen molar-refractivity contribution in [1.29, 1.82) is 0 Å². The van der Waals surface area contributed by atoms with Gasteiger partial charge >= 0.3 is 5.97 Å². The van der Waals surface area contributed by atoms with Crippen LogP contribution >= 0.6 is 15.9 Å². The zero-order chi connectivity index (χ0) is 20.3. The molecule has 3 rings (SSSR count). The number of esters is 1. The van der Waals surface area contributed by atoms with E-state index < -0.39 is 0 Å². The smallest absolute Gasteiger partial charge is 0.306 e. The number of rotatable bonds is 6. The van der Waals surface area contributed by atoms with Gasteiger partial charge in [0.2, 0.25) is 5.91 Å². The van der Waals surface area contributed by atoms with E-state index in [4.69, 9.17) is 4.74 Å². The van der Waals surface area contributed by atoms with Gasteiger partial charge < -0.3 is 14.6 Å². The third kappa shape index (κ3) is 4.46. The second kappa shape index (κ2) is 8.90. The first-order valence-electron chi connectivity index (χ1n) is 9.58. The van der Waals surface area contributed by atoms with Gasteiger partial charge in [-0.2, -0.15) is 0 Å². The SMILES string of the molecule is COC(=O)C[C@H](C(=O)N1CCCC1c1ncc(-c2ccc(Br)cc2)[nH]1)C(C)C. The number of methoxy groups -OCH3 is 1. The first-order valence-corrected chi connectivity index (χ1v) is 10.4. The van der Waals surface area contributed by atoms with Gasteiger partial charge in [-0.3, -0.25) is 9.59 Å². The molecule has 1 aromatic carbocycles. The molecule has 1 aromatic heterocycles. The molecular formula is C21H26BrN3O3. The number of ether oxygens (including phenoxy) is 1. The molecule has 1 unspecified atom stereocenters. The zero-order valence-corrected chi connectivity index (χ0v) is 18.0. The van der Waals surface area contributed by atoms with Crippen molar-refractivity contribution in [3.05, 3.63) is 40.8 Å². The predicted octanol–water partition coefficient (Wildman–Crippen LogP) is 4.34. The van der Waals surface area contributed by atoms with E-state index in [0.29, 0.717) is 6.54 Å². The molecule has 0 aliphatic carbocycles. The summed E-state index contributed by atoms with van der Waals surface area (Å²) in [5, 5.41) is 0. The van der Waals surface area contributed by atoms with Gasteiger partial charge in [-0.05, 0) is 36.5 Å². The molecule has 150 valence electrons. The molecule has 7 heteroatoms. The first-order chi connectivity index (χ1) is 13.4. The monoisotopic (exact) mass is 447 g/mol. The standard InChI is InChI=1S/C21H26BrN3O3/c1-13(2)16(11-19(26)28-3)21(27)25-10-4-5-18(25)20-23-12-17(24-20)14-6-8-15(22)9-7-14/h6-9,12-13,16,18H,4-5,10-11H2,1-3H3,(H,23,24)/t16-,18?/m0/s1. The lowest BCUT2D eigenvalue weighted by molar-refractivity contribution is -0.148. The molecule has 1 fully saturated rings. The van der Waals surface area contributed by atoms with Crippen molar-refractivity contribution in [1.82, 2.24) is 14.9 Å². The van der Waals surface area contributed by atoms with Crippen molar-refractivity contribution in [2.75, 3.05) is 13.7 Å². The average molecular weight is 448 g/mol. The Labute approximate surface area is 173 Å². The number of imidazole rings is 1.